The summed E-state index contributed by atoms with van der Waals surface area (Å²) in [5.41, 5.74) is 6.37. The molecular weight excluding hydrogens is 436 g/mol. The van der Waals surface area contributed by atoms with Gasteiger partial charge in [0.25, 0.3) is 0 Å². The molecule has 1 atom stereocenters. The lowest BCUT2D eigenvalue weighted by Crippen LogP contribution is -2.54. The van der Waals surface area contributed by atoms with Crippen molar-refractivity contribution in [2.45, 2.75) is 19.5 Å². The number of anilines is 1. The van der Waals surface area contributed by atoms with Gasteiger partial charge < -0.3 is 19.4 Å². The number of amides is 1. The van der Waals surface area contributed by atoms with E-state index in [4.69, 9.17) is 4.98 Å². The van der Waals surface area contributed by atoms with Gasteiger partial charge in [0.1, 0.15) is 17.2 Å². The third kappa shape index (κ3) is 3.52. The van der Waals surface area contributed by atoms with E-state index in [0.717, 1.165) is 51.7 Å². The minimum Gasteiger partial charge on any atom is -0.358 e. The Morgan fingerprint density at radius 1 is 1.18 bits per heavy atom. The van der Waals surface area contributed by atoms with Crippen LogP contribution in [0.4, 0.5) is 5.00 Å². The number of piperazine rings is 1. The average Bonchev–Trinajstić information content (AvgIpc) is 3.57. The number of rotatable bonds is 4. The fourth-order valence-electron chi connectivity index (χ4n) is 4.47. The number of carbonyl (C=O) groups excluding carboxylic acids is 1. The first-order valence-electron chi connectivity index (χ1n) is 10.9. The molecule has 0 bridgehead atoms. The van der Waals surface area contributed by atoms with Gasteiger partial charge in [-0.1, -0.05) is 12.1 Å². The van der Waals surface area contributed by atoms with Gasteiger partial charge in [-0.05, 0) is 25.1 Å². The zero-order valence-corrected chi connectivity index (χ0v) is 18.9. The van der Waals surface area contributed by atoms with Gasteiger partial charge in [-0.3, -0.25) is 9.78 Å². The molecule has 6 rings (SSSR count). The third-order valence-corrected chi connectivity index (χ3v) is 7.01. The molecule has 1 saturated heterocycles. The van der Waals surface area contributed by atoms with Gasteiger partial charge in [0.05, 0.1) is 40.1 Å². The second-order valence-electron chi connectivity index (χ2n) is 8.23. The molecule has 1 unspecified atom stereocenters. The SMILES string of the molecule is CC1CN(c2scnc2-c2nc3ccccc3[nH]2)CCN1C(=O)Cn1cnc2ccncc21. The molecule has 166 valence electrons. The van der Waals surface area contributed by atoms with E-state index in [1.54, 1.807) is 30.1 Å². The van der Waals surface area contributed by atoms with Crippen molar-refractivity contribution in [3.05, 3.63) is 54.6 Å². The number of carbonyl (C=O) groups is 1. The van der Waals surface area contributed by atoms with Gasteiger partial charge in [-0.15, -0.1) is 11.3 Å². The molecule has 0 spiro atoms. The largest absolute Gasteiger partial charge is 0.358 e. The lowest BCUT2D eigenvalue weighted by atomic mass is 10.2. The Kier molecular flexibility index (Phi) is 4.79. The highest BCUT2D eigenvalue weighted by Crippen LogP contribution is 2.34. The van der Waals surface area contributed by atoms with Crippen molar-refractivity contribution in [2.24, 2.45) is 0 Å². The molecule has 1 amide bonds. The summed E-state index contributed by atoms with van der Waals surface area (Å²) < 4.78 is 1.87. The maximum Gasteiger partial charge on any atom is 0.242 e. The highest BCUT2D eigenvalue weighted by Gasteiger charge is 2.30. The topological polar surface area (TPSA) is 95.8 Å². The summed E-state index contributed by atoms with van der Waals surface area (Å²) in [5.74, 6) is 0.867. The van der Waals surface area contributed by atoms with E-state index in [-0.39, 0.29) is 18.5 Å². The minimum atomic E-state index is 0.0739. The van der Waals surface area contributed by atoms with Crippen LogP contribution in [-0.2, 0) is 11.3 Å². The molecule has 1 aromatic carbocycles. The van der Waals surface area contributed by atoms with Crippen molar-refractivity contribution >= 4 is 44.3 Å². The molecule has 1 aliphatic heterocycles. The Morgan fingerprint density at radius 3 is 2.97 bits per heavy atom. The molecule has 0 radical (unpaired) electrons. The van der Waals surface area contributed by atoms with Crippen molar-refractivity contribution < 1.29 is 4.79 Å². The molecule has 9 nitrogen and oxygen atoms in total. The summed E-state index contributed by atoms with van der Waals surface area (Å²) in [5, 5.41) is 1.08. The maximum atomic E-state index is 13.1. The fourth-order valence-corrected chi connectivity index (χ4v) is 5.30. The van der Waals surface area contributed by atoms with Crippen LogP contribution < -0.4 is 4.90 Å². The second kappa shape index (κ2) is 7.96. The van der Waals surface area contributed by atoms with E-state index in [0.29, 0.717) is 6.54 Å². The molecule has 0 saturated carbocycles. The van der Waals surface area contributed by atoms with Crippen LogP contribution in [0.25, 0.3) is 33.6 Å². The van der Waals surface area contributed by atoms with Crippen molar-refractivity contribution in [1.29, 1.82) is 0 Å². The molecule has 1 aliphatic rings. The van der Waals surface area contributed by atoms with Crippen LogP contribution in [0, 0.1) is 0 Å². The van der Waals surface area contributed by atoms with Crippen molar-refractivity contribution in [3.63, 3.8) is 0 Å². The summed E-state index contributed by atoms with van der Waals surface area (Å²) in [6, 6.07) is 9.91. The van der Waals surface area contributed by atoms with E-state index in [1.165, 1.54) is 0 Å². The number of thiazole rings is 1. The Morgan fingerprint density at radius 2 is 2.09 bits per heavy atom. The van der Waals surface area contributed by atoms with Gasteiger partial charge in [0.2, 0.25) is 5.91 Å². The number of hydrogen-bond donors (Lipinski definition) is 1. The fraction of sp³-hybridized carbons (Fsp3) is 0.261. The predicted octanol–water partition coefficient (Wildman–Crippen LogP) is 3.17. The van der Waals surface area contributed by atoms with Gasteiger partial charge in [-0.25, -0.2) is 15.0 Å². The van der Waals surface area contributed by atoms with Crippen LogP contribution in [0.5, 0.6) is 0 Å². The van der Waals surface area contributed by atoms with E-state index in [1.807, 2.05) is 45.3 Å². The Hall–Kier alpha value is -3.79. The number of imidazole rings is 2. The zero-order valence-electron chi connectivity index (χ0n) is 18.0. The molecular formula is C23H22N8OS. The maximum absolute atomic E-state index is 13.1. The van der Waals surface area contributed by atoms with E-state index in [2.05, 4.69) is 31.8 Å². The molecule has 33 heavy (non-hydrogen) atoms. The highest BCUT2D eigenvalue weighted by molar-refractivity contribution is 7.14. The Balaban J connectivity index is 1.19. The summed E-state index contributed by atoms with van der Waals surface area (Å²) in [6.45, 7) is 4.50. The smallest absolute Gasteiger partial charge is 0.242 e. The molecule has 10 heteroatoms. The third-order valence-electron chi connectivity index (χ3n) is 6.13. The molecule has 5 heterocycles. The minimum absolute atomic E-state index is 0.0739. The van der Waals surface area contributed by atoms with E-state index >= 15 is 0 Å². The molecule has 1 fully saturated rings. The van der Waals surface area contributed by atoms with Crippen molar-refractivity contribution in [1.82, 2.24) is 34.4 Å². The monoisotopic (exact) mass is 458 g/mol. The van der Waals surface area contributed by atoms with Gasteiger partial charge in [0.15, 0.2) is 5.82 Å². The van der Waals surface area contributed by atoms with Crippen LogP contribution in [0.15, 0.2) is 54.6 Å². The summed E-state index contributed by atoms with van der Waals surface area (Å²) in [4.78, 5) is 38.6. The number of benzene rings is 1. The number of aromatic nitrogens is 6. The number of fused-ring (bicyclic) bond motifs is 2. The van der Waals surface area contributed by atoms with Crippen molar-refractivity contribution in [3.8, 4) is 11.5 Å². The zero-order chi connectivity index (χ0) is 22.4. The number of aromatic amines is 1. The Bertz CT molecular complexity index is 1420. The lowest BCUT2D eigenvalue weighted by molar-refractivity contribution is -0.134. The number of nitrogens with zero attached hydrogens (tertiary/aromatic N) is 7. The molecule has 5 aromatic rings. The number of para-hydroxylation sites is 2. The quantitative estimate of drug-likeness (QED) is 0.444. The van der Waals surface area contributed by atoms with E-state index < -0.39 is 0 Å². The average molecular weight is 459 g/mol. The molecule has 0 aliphatic carbocycles. The highest BCUT2D eigenvalue weighted by atomic mass is 32.1. The number of hydrogen-bond acceptors (Lipinski definition) is 7. The standard InChI is InChI=1S/C23H22N8OS/c1-15-11-29(23-21(26-14-33-23)22-27-16-4-2-3-5-17(16)28-22)8-9-31(15)20(32)12-30-13-25-18-6-7-24-10-19(18)30/h2-7,10,13-15H,8-9,11-12H2,1H3,(H,27,28). The summed E-state index contributed by atoms with van der Waals surface area (Å²) >= 11 is 1.61. The number of pyridine rings is 1. The van der Waals surface area contributed by atoms with Crippen LogP contribution >= 0.6 is 11.3 Å². The summed E-state index contributed by atoms with van der Waals surface area (Å²) in [6.07, 6.45) is 5.17. The van der Waals surface area contributed by atoms with Gasteiger partial charge in [-0.2, -0.15) is 0 Å². The van der Waals surface area contributed by atoms with Crippen LogP contribution in [-0.4, -0.2) is 66.0 Å². The lowest BCUT2D eigenvalue weighted by Gasteiger charge is -2.40. The summed E-state index contributed by atoms with van der Waals surface area (Å²) in [7, 11) is 0. The molecule has 1 N–H and O–H groups in total. The second-order valence-corrected chi connectivity index (χ2v) is 9.06. The first kappa shape index (κ1) is 19.9. The van der Waals surface area contributed by atoms with Gasteiger partial charge in [0, 0.05) is 31.9 Å². The predicted molar refractivity (Wildman–Crippen MR) is 128 cm³/mol. The molecule has 4 aromatic heterocycles. The van der Waals surface area contributed by atoms with Crippen LogP contribution in [0.1, 0.15) is 6.92 Å². The number of nitrogens with one attached hydrogen (secondary N) is 1. The Labute approximate surface area is 193 Å². The van der Waals surface area contributed by atoms with Gasteiger partial charge >= 0.3 is 0 Å². The first-order chi connectivity index (χ1) is 16.2. The van der Waals surface area contributed by atoms with E-state index in [9.17, 15) is 4.79 Å². The normalized spacial score (nSPS) is 16.7. The van der Waals surface area contributed by atoms with Crippen LogP contribution in [0.2, 0.25) is 0 Å². The first-order valence-corrected chi connectivity index (χ1v) is 11.7. The van der Waals surface area contributed by atoms with Crippen LogP contribution in [0.3, 0.4) is 0 Å². The van der Waals surface area contributed by atoms with Crippen molar-refractivity contribution in [2.75, 3.05) is 24.5 Å². The number of H-pyrrole nitrogens is 1.